The molecule has 2 N–H and O–H groups in total. The number of aromatic nitrogens is 1. The molecular weight excluding hydrogens is 180 g/mol. The number of rotatable bonds is 3. The summed E-state index contributed by atoms with van der Waals surface area (Å²) < 4.78 is 2.19. The van der Waals surface area contributed by atoms with E-state index in [4.69, 9.17) is 5.73 Å². The Labute approximate surface area is 81.6 Å². The van der Waals surface area contributed by atoms with Crippen LogP contribution in [0.5, 0.6) is 0 Å². The first-order valence-corrected chi connectivity index (χ1v) is 5.14. The van der Waals surface area contributed by atoms with E-state index in [1.165, 1.54) is 10.6 Å². The lowest BCUT2D eigenvalue weighted by atomic mass is 10.4. The van der Waals surface area contributed by atoms with Gasteiger partial charge in [-0.05, 0) is 23.6 Å². The molecule has 2 heterocycles. The van der Waals surface area contributed by atoms with Crippen molar-refractivity contribution in [3.63, 3.8) is 0 Å². The van der Waals surface area contributed by atoms with Gasteiger partial charge in [-0.1, -0.05) is 6.07 Å². The molecule has 0 aliphatic rings. The molecule has 3 heteroatoms. The van der Waals surface area contributed by atoms with Gasteiger partial charge in [-0.3, -0.25) is 0 Å². The molecular formula is C10H12N2S. The molecule has 0 aliphatic heterocycles. The molecule has 0 atom stereocenters. The van der Waals surface area contributed by atoms with E-state index in [0.29, 0.717) is 6.54 Å². The zero-order valence-electron chi connectivity index (χ0n) is 7.31. The summed E-state index contributed by atoms with van der Waals surface area (Å²) in [4.78, 5) is 1.37. The van der Waals surface area contributed by atoms with Gasteiger partial charge in [0.05, 0.1) is 6.54 Å². The lowest BCUT2D eigenvalue weighted by molar-refractivity contribution is 0.753. The lowest BCUT2D eigenvalue weighted by Gasteiger charge is -2.04. The second-order valence-corrected chi connectivity index (χ2v) is 3.94. The maximum absolute atomic E-state index is 5.61. The first-order chi connectivity index (χ1) is 6.40. The zero-order valence-corrected chi connectivity index (χ0v) is 8.13. The number of hydrogen-bond donors (Lipinski definition) is 1. The minimum absolute atomic E-state index is 0.609. The molecule has 13 heavy (non-hydrogen) atoms. The number of hydrogen-bond acceptors (Lipinski definition) is 2. The first-order valence-electron chi connectivity index (χ1n) is 4.26. The Hall–Kier alpha value is -1.06. The summed E-state index contributed by atoms with van der Waals surface area (Å²) in [6.45, 7) is 1.55. The van der Waals surface area contributed by atoms with Crippen LogP contribution in [0.1, 0.15) is 10.6 Å². The predicted molar refractivity (Wildman–Crippen MR) is 55.7 cm³/mol. The van der Waals surface area contributed by atoms with Crippen LogP contribution in [0.4, 0.5) is 0 Å². The van der Waals surface area contributed by atoms with Crippen LogP contribution in [0.2, 0.25) is 0 Å². The first kappa shape index (κ1) is 8.53. The van der Waals surface area contributed by atoms with Gasteiger partial charge in [0.1, 0.15) is 0 Å². The molecule has 2 aromatic heterocycles. The minimum atomic E-state index is 0.609. The lowest BCUT2D eigenvalue weighted by Crippen LogP contribution is -2.06. The molecule has 0 amide bonds. The van der Waals surface area contributed by atoms with Crippen molar-refractivity contribution in [1.82, 2.24) is 4.57 Å². The Morgan fingerprint density at radius 2 is 2.23 bits per heavy atom. The minimum Gasteiger partial charge on any atom is -0.345 e. The van der Waals surface area contributed by atoms with Gasteiger partial charge >= 0.3 is 0 Å². The van der Waals surface area contributed by atoms with Gasteiger partial charge in [-0.2, -0.15) is 0 Å². The molecule has 0 aliphatic carbocycles. The quantitative estimate of drug-likeness (QED) is 0.793. The van der Waals surface area contributed by atoms with Gasteiger partial charge in [0, 0.05) is 23.3 Å². The van der Waals surface area contributed by atoms with E-state index < -0.39 is 0 Å². The molecule has 0 bridgehead atoms. The van der Waals surface area contributed by atoms with Gasteiger partial charge in [0.25, 0.3) is 0 Å². The maximum atomic E-state index is 5.61. The second-order valence-electron chi connectivity index (χ2n) is 2.91. The SMILES string of the molecule is NCc1cccn1Cc1cccs1. The molecule has 2 nitrogen and oxygen atoms in total. The van der Waals surface area contributed by atoms with Crippen LogP contribution >= 0.6 is 11.3 Å². The van der Waals surface area contributed by atoms with Crippen LogP contribution < -0.4 is 5.73 Å². The van der Waals surface area contributed by atoms with Crippen molar-refractivity contribution in [2.75, 3.05) is 0 Å². The number of nitrogens with two attached hydrogens (primary N) is 1. The third-order valence-electron chi connectivity index (χ3n) is 2.04. The van der Waals surface area contributed by atoms with Crippen molar-refractivity contribution in [1.29, 1.82) is 0 Å². The topological polar surface area (TPSA) is 30.9 Å². The van der Waals surface area contributed by atoms with Crippen molar-refractivity contribution in [3.8, 4) is 0 Å². The summed E-state index contributed by atoms with van der Waals surface area (Å²) in [5.74, 6) is 0. The highest BCUT2D eigenvalue weighted by Gasteiger charge is 1.99. The fraction of sp³-hybridized carbons (Fsp3) is 0.200. The molecule has 2 rings (SSSR count). The standard InChI is InChI=1S/C10H12N2S/c11-7-9-3-1-5-12(9)8-10-4-2-6-13-10/h1-6H,7-8,11H2. The van der Waals surface area contributed by atoms with Crippen molar-refractivity contribution in [3.05, 3.63) is 46.4 Å². The van der Waals surface area contributed by atoms with E-state index in [1.807, 2.05) is 6.07 Å². The normalized spacial score (nSPS) is 10.5. The summed E-state index contributed by atoms with van der Waals surface area (Å²) >= 11 is 1.78. The summed E-state index contributed by atoms with van der Waals surface area (Å²) in [5, 5.41) is 2.10. The third-order valence-corrected chi connectivity index (χ3v) is 2.90. The Balaban J connectivity index is 2.18. The second kappa shape index (κ2) is 3.77. The molecule has 68 valence electrons. The fourth-order valence-corrected chi connectivity index (χ4v) is 2.06. The van der Waals surface area contributed by atoms with Crippen LogP contribution in [-0.2, 0) is 13.1 Å². The van der Waals surface area contributed by atoms with Gasteiger partial charge in [0.15, 0.2) is 0 Å². The Morgan fingerprint density at radius 1 is 1.31 bits per heavy atom. The van der Waals surface area contributed by atoms with E-state index in [-0.39, 0.29) is 0 Å². The van der Waals surface area contributed by atoms with Crippen molar-refractivity contribution in [2.45, 2.75) is 13.1 Å². The summed E-state index contributed by atoms with van der Waals surface area (Å²) in [6.07, 6.45) is 2.07. The average Bonchev–Trinajstić information content (AvgIpc) is 2.76. The Kier molecular flexibility index (Phi) is 2.47. The molecule has 0 aromatic carbocycles. The monoisotopic (exact) mass is 192 g/mol. The van der Waals surface area contributed by atoms with Gasteiger partial charge in [-0.15, -0.1) is 11.3 Å². The van der Waals surface area contributed by atoms with E-state index >= 15 is 0 Å². The van der Waals surface area contributed by atoms with Crippen LogP contribution in [0.3, 0.4) is 0 Å². The third kappa shape index (κ3) is 1.82. The van der Waals surface area contributed by atoms with E-state index in [9.17, 15) is 0 Å². The van der Waals surface area contributed by atoms with E-state index in [1.54, 1.807) is 11.3 Å². The highest BCUT2D eigenvalue weighted by molar-refractivity contribution is 7.09. The Morgan fingerprint density at radius 3 is 2.92 bits per heavy atom. The highest BCUT2D eigenvalue weighted by atomic mass is 32.1. The van der Waals surface area contributed by atoms with E-state index in [2.05, 4.69) is 34.3 Å². The largest absolute Gasteiger partial charge is 0.345 e. The number of thiophene rings is 1. The van der Waals surface area contributed by atoms with Crippen LogP contribution in [0.25, 0.3) is 0 Å². The predicted octanol–water partition coefficient (Wildman–Crippen LogP) is 2.06. The smallest absolute Gasteiger partial charge is 0.0566 e. The average molecular weight is 192 g/mol. The van der Waals surface area contributed by atoms with Gasteiger partial charge < -0.3 is 10.3 Å². The van der Waals surface area contributed by atoms with Crippen molar-refractivity contribution >= 4 is 11.3 Å². The molecule has 0 unspecified atom stereocenters. The van der Waals surface area contributed by atoms with Crippen LogP contribution in [-0.4, -0.2) is 4.57 Å². The van der Waals surface area contributed by atoms with E-state index in [0.717, 1.165) is 6.54 Å². The maximum Gasteiger partial charge on any atom is 0.0566 e. The van der Waals surface area contributed by atoms with Crippen molar-refractivity contribution in [2.24, 2.45) is 5.73 Å². The number of nitrogens with zero attached hydrogens (tertiary/aromatic N) is 1. The molecule has 0 saturated heterocycles. The molecule has 0 fully saturated rings. The van der Waals surface area contributed by atoms with Crippen LogP contribution in [0.15, 0.2) is 35.8 Å². The Bertz CT molecular complexity index is 362. The molecule has 0 spiro atoms. The highest BCUT2D eigenvalue weighted by Crippen LogP contribution is 2.12. The summed E-state index contributed by atoms with van der Waals surface area (Å²) in [7, 11) is 0. The molecule has 0 radical (unpaired) electrons. The molecule has 0 saturated carbocycles. The summed E-state index contributed by atoms with van der Waals surface area (Å²) in [6, 6.07) is 8.32. The zero-order chi connectivity index (χ0) is 9.10. The van der Waals surface area contributed by atoms with Crippen molar-refractivity contribution < 1.29 is 0 Å². The van der Waals surface area contributed by atoms with Gasteiger partial charge in [0.2, 0.25) is 0 Å². The summed E-state index contributed by atoms with van der Waals surface area (Å²) in [5.41, 5.74) is 6.79. The molecule has 2 aromatic rings. The fourth-order valence-electron chi connectivity index (χ4n) is 1.36. The van der Waals surface area contributed by atoms with Gasteiger partial charge in [-0.25, -0.2) is 0 Å². The van der Waals surface area contributed by atoms with Crippen LogP contribution in [0, 0.1) is 0 Å².